The number of hydrogen-bond donors (Lipinski definition) is 3. The predicted octanol–water partition coefficient (Wildman–Crippen LogP) is 2.71. The van der Waals surface area contributed by atoms with Gasteiger partial charge in [-0.3, -0.25) is 4.72 Å². The van der Waals surface area contributed by atoms with Crippen molar-refractivity contribution >= 4 is 48.2 Å². The molecule has 0 aliphatic heterocycles. The standard InChI is InChI=1S/C13H11BrN4O2S/c14-13-11(2-1-5-16-13)18-21(19,20)12-7-17-10-4-3-8(15)6-9(10)12/h1-7,17-18H,15H2. The quantitative estimate of drug-likeness (QED) is 0.489. The second-order valence-corrected chi connectivity index (χ2v) is 6.81. The van der Waals surface area contributed by atoms with Crippen LogP contribution in [0.1, 0.15) is 0 Å². The average Bonchev–Trinajstić information content (AvgIpc) is 2.85. The van der Waals surface area contributed by atoms with E-state index in [0.29, 0.717) is 26.9 Å². The molecule has 0 aliphatic rings. The van der Waals surface area contributed by atoms with Gasteiger partial charge >= 0.3 is 0 Å². The summed E-state index contributed by atoms with van der Waals surface area (Å²) in [5, 5.41) is 0.544. The number of benzene rings is 1. The van der Waals surface area contributed by atoms with Crippen molar-refractivity contribution in [1.29, 1.82) is 0 Å². The van der Waals surface area contributed by atoms with Crippen LogP contribution in [0.25, 0.3) is 10.9 Å². The highest BCUT2D eigenvalue weighted by molar-refractivity contribution is 9.10. The maximum atomic E-state index is 12.5. The Morgan fingerprint density at radius 1 is 1.29 bits per heavy atom. The molecule has 0 aliphatic carbocycles. The number of H-pyrrole nitrogens is 1. The molecule has 8 heteroatoms. The smallest absolute Gasteiger partial charge is 0.264 e. The van der Waals surface area contributed by atoms with Gasteiger partial charge in [-0.1, -0.05) is 0 Å². The molecule has 0 amide bonds. The minimum Gasteiger partial charge on any atom is -0.399 e. The first-order chi connectivity index (χ1) is 9.97. The molecule has 0 spiro atoms. The van der Waals surface area contributed by atoms with Crippen molar-refractivity contribution in [3.8, 4) is 0 Å². The van der Waals surface area contributed by atoms with Crippen molar-refractivity contribution in [3.05, 3.63) is 47.3 Å². The summed E-state index contributed by atoms with van der Waals surface area (Å²) >= 11 is 3.21. The van der Waals surface area contributed by atoms with Crippen molar-refractivity contribution in [1.82, 2.24) is 9.97 Å². The van der Waals surface area contributed by atoms with E-state index in [4.69, 9.17) is 5.73 Å². The van der Waals surface area contributed by atoms with Gasteiger partial charge in [0.1, 0.15) is 9.50 Å². The third kappa shape index (κ3) is 2.59. The molecule has 2 heterocycles. The summed E-state index contributed by atoms with van der Waals surface area (Å²) in [6.07, 6.45) is 3.00. The molecule has 108 valence electrons. The average molecular weight is 367 g/mol. The van der Waals surface area contributed by atoms with Crippen LogP contribution in [-0.4, -0.2) is 18.4 Å². The van der Waals surface area contributed by atoms with E-state index in [9.17, 15) is 8.42 Å². The molecule has 2 aromatic heterocycles. The van der Waals surface area contributed by atoms with Crippen LogP contribution < -0.4 is 10.5 Å². The highest BCUT2D eigenvalue weighted by Gasteiger charge is 2.20. The van der Waals surface area contributed by atoms with E-state index in [1.165, 1.54) is 6.20 Å². The zero-order valence-corrected chi connectivity index (χ0v) is 13.1. The van der Waals surface area contributed by atoms with Gasteiger partial charge in [-0.2, -0.15) is 0 Å². The van der Waals surface area contributed by atoms with Crippen LogP contribution in [0.15, 0.2) is 52.2 Å². The van der Waals surface area contributed by atoms with Crippen LogP contribution in [0.2, 0.25) is 0 Å². The van der Waals surface area contributed by atoms with E-state index in [-0.39, 0.29) is 4.90 Å². The van der Waals surface area contributed by atoms with Gasteiger partial charge in [0.25, 0.3) is 10.0 Å². The Balaban J connectivity index is 2.09. The van der Waals surface area contributed by atoms with Gasteiger partial charge in [0.05, 0.1) is 5.69 Å². The van der Waals surface area contributed by atoms with Crippen LogP contribution in [0.5, 0.6) is 0 Å². The molecule has 0 saturated heterocycles. The van der Waals surface area contributed by atoms with Crippen molar-refractivity contribution in [2.75, 3.05) is 10.5 Å². The first-order valence-corrected chi connectivity index (χ1v) is 8.25. The largest absolute Gasteiger partial charge is 0.399 e. The number of rotatable bonds is 3. The zero-order valence-electron chi connectivity index (χ0n) is 10.7. The second kappa shape index (κ2) is 5.05. The highest BCUT2D eigenvalue weighted by Crippen LogP contribution is 2.28. The van der Waals surface area contributed by atoms with Crippen molar-refractivity contribution in [3.63, 3.8) is 0 Å². The molecule has 3 rings (SSSR count). The molecule has 1 aromatic carbocycles. The molecular weight excluding hydrogens is 356 g/mol. The van der Waals surface area contributed by atoms with E-state index >= 15 is 0 Å². The molecular formula is C13H11BrN4O2S. The molecule has 6 nitrogen and oxygen atoms in total. The predicted molar refractivity (Wildman–Crippen MR) is 85.5 cm³/mol. The van der Waals surface area contributed by atoms with Gasteiger partial charge in [0.15, 0.2) is 0 Å². The fourth-order valence-electron chi connectivity index (χ4n) is 2.00. The molecule has 4 N–H and O–H groups in total. The fourth-order valence-corrected chi connectivity index (χ4v) is 3.71. The van der Waals surface area contributed by atoms with Gasteiger partial charge in [0.2, 0.25) is 0 Å². The molecule has 0 bridgehead atoms. The fraction of sp³-hybridized carbons (Fsp3) is 0. The first-order valence-electron chi connectivity index (χ1n) is 5.97. The van der Waals surface area contributed by atoms with Crippen LogP contribution in [0, 0.1) is 0 Å². The zero-order chi connectivity index (χ0) is 15.0. The van der Waals surface area contributed by atoms with Gasteiger partial charge < -0.3 is 10.7 Å². The Labute approximate surface area is 129 Å². The van der Waals surface area contributed by atoms with Crippen molar-refractivity contribution in [2.24, 2.45) is 0 Å². The summed E-state index contributed by atoms with van der Waals surface area (Å²) in [7, 11) is -3.74. The van der Waals surface area contributed by atoms with Crippen LogP contribution >= 0.6 is 15.9 Å². The normalized spacial score (nSPS) is 11.7. The van der Waals surface area contributed by atoms with Crippen LogP contribution in [0.4, 0.5) is 11.4 Å². The summed E-state index contributed by atoms with van der Waals surface area (Å²) < 4.78 is 28.0. The van der Waals surface area contributed by atoms with Gasteiger partial charge in [-0.05, 0) is 46.3 Å². The van der Waals surface area contributed by atoms with Crippen LogP contribution in [0.3, 0.4) is 0 Å². The minimum absolute atomic E-state index is 0.139. The number of fused-ring (bicyclic) bond motifs is 1. The number of pyridine rings is 1. The van der Waals surface area contributed by atoms with Crippen LogP contribution in [-0.2, 0) is 10.0 Å². The maximum Gasteiger partial charge on any atom is 0.264 e. The summed E-state index contributed by atoms with van der Waals surface area (Å²) in [6, 6.07) is 8.34. The summed E-state index contributed by atoms with van der Waals surface area (Å²) in [6.45, 7) is 0. The SMILES string of the molecule is Nc1ccc2[nH]cc(S(=O)(=O)Nc3cccnc3Br)c2c1. The molecule has 0 fully saturated rings. The van der Waals surface area contributed by atoms with Gasteiger partial charge in [-0.15, -0.1) is 0 Å². The lowest BCUT2D eigenvalue weighted by Gasteiger charge is -2.08. The lowest BCUT2D eigenvalue weighted by molar-refractivity contribution is 0.602. The highest BCUT2D eigenvalue weighted by atomic mass is 79.9. The van der Waals surface area contributed by atoms with E-state index < -0.39 is 10.0 Å². The topological polar surface area (TPSA) is 101 Å². The second-order valence-electron chi connectivity index (χ2n) is 4.41. The van der Waals surface area contributed by atoms with E-state index in [0.717, 1.165) is 0 Å². The van der Waals surface area contributed by atoms with E-state index in [2.05, 4.69) is 30.6 Å². The Hall–Kier alpha value is -2.06. The third-order valence-corrected chi connectivity index (χ3v) is 5.00. The molecule has 0 radical (unpaired) electrons. The van der Waals surface area contributed by atoms with E-state index in [1.807, 2.05) is 0 Å². The number of sulfonamides is 1. The lowest BCUT2D eigenvalue weighted by Crippen LogP contribution is -2.13. The lowest BCUT2D eigenvalue weighted by atomic mass is 10.2. The molecule has 0 atom stereocenters. The Bertz CT molecular complexity index is 921. The van der Waals surface area contributed by atoms with Crippen molar-refractivity contribution in [2.45, 2.75) is 4.90 Å². The Morgan fingerprint density at radius 3 is 2.86 bits per heavy atom. The number of aromatic nitrogens is 2. The summed E-state index contributed by atoms with van der Waals surface area (Å²) in [5.74, 6) is 0. The monoisotopic (exact) mass is 366 g/mol. The maximum absolute atomic E-state index is 12.5. The number of nitrogens with one attached hydrogen (secondary N) is 2. The number of anilines is 2. The number of aromatic amines is 1. The van der Waals surface area contributed by atoms with Crippen molar-refractivity contribution < 1.29 is 8.42 Å². The Morgan fingerprint density at radius 2 is 2.10 bits per heavy atom. The first kappa shape index (κ1) is 13.9. The third-order valence-electron chi connectivity index (χ3n) is 2.96. The molecule has 21 heavy (non-hydrogen) atoms. The molecule has 3 aromatic rings. The van der Waals surface area contributed by atoms with Gasteiger partial charge in [-0.25, -0.2) is 13.4 Å². The number of nitrogens with zero attached hydrogens (tertiary/aromatic N) is 1. The molecule has 0 unspecified atom stereocenters. The number of hydrogen-bond acceptors (Lipinski definition) is 4. The molecule has 0 saturated carbocycles. The number of halogens is 1. The Kier molecular flexibility index (Phi) is 3.34. The minimum atomic E-state index is -3.74. The number of nitrogens with two attached hydrogens (primary N) is 1. The number of nitrogen functional groups attached to an aromatic ring is 1. The van der Waals surface area contributed by atoms with E-state index in [1.54, 1.807) is 36.5 Å². The summed E-state index contributed by atoms with van der Waals surface area (Å²) in [5.41, 5.74) is 7.30. The summed E-state index contributed by atoms with van der Waals surface area (Å²) in [4.78, 5) is 7.04. The van der Waals surface area contributed by atoms with Gasteiger partial charge in [0, 0.05) is 29.0 Å².